The highest BCUT2D eigenvalue weighted by Crippen LogP contribution is 2.01. The van der Waals surface area contributed by atoms with Crippen molar-refractivity contribution in [2.45, 2.75) is 0 Å². The lowest BCUT2D eigenvalue weighted by atomic mass is 10.5. The van der Waals surface area contributed by atoms with Gasteiger partial charge in [-0.1, -0.05) is 0 Å². The van der Waals surface area contributed by atoms with Gasteiger partial charge in [-0.25, -0.2) is 0 Å². The van der Waals surface area contributed by atoms with Gasteiger partial charge in [0, 0.05) is 6.20 Å². The Kier molecular flexibility index (Phi) is 0.941. The first kappa shape index (κ1) is 4.12. The molecule has 7 heavy (non-hydrogen) atoms. The Morgan fingerprint density at radius 2 is 2.43 bits per heavy atom. The van der Waals surface area contributed by atoms with E-state index in [-0.39, 0.29) is 5.75 Å². The van der Waals surface area contributed by atoms with Gasteiger partial charge in [-0.2, -0.15) is 0 Å². The van der Waals surface area contributed by atoms with E-state index in [0.29, 0.717) is 0 Å². The van der Waals surface area contributed by atoms with E-state index in [1.165, 1.54) is 12.3 Å². The van der Waals surface area contributed by atoms with Crippen molar-refractivity contribution in [2.75, 3.05) is 0 Å². The van der Waals surface area contributed by atoms with E-state index in [0.717, 1.165) is 0 Å². The smallest absolute Gasteiger partial charge is 0.196 e. The summed E-state index contributed by atoms with van der Waals surface area (Å²) in [5, 5.41) is 10.2. The number of hydrogen-bond donors (Lipinski definition) is 0. The molecule has 0 atom stereocenters. The molecular weight excluding hydrogens is 90.1 g/mol. The molecule has 1 aromatic heterocycles. The van der Waals surface area contributed by atoms with Crippen LogP contribution in [-0.4, -0.2) is 4.98 Å². The number of pyridine rings is 1. The molecule has 0 aromatic carbocycles. The van der Waals surface area contributed by atoms with Gasteiger partial charge >= 0.3 is 0 Å². The molecule has 1 heterocycles. The van der Waals surface area contributed by atoms with Crippen LogP contribution in [0.4, 0.5) is 0 Å². The first-order valence-electron chi connectivity index (χ1n) is 1.96. The zero-order valence-electron chi connectivity index (χ0n) is 3.66. The lowest BCUT2D eigenvalue weighted by Crippen LogP contribution is -1.62. The number of aromatic nitrogens is 1. The maximum atomic E-state index is 10.2. The maximum absolute atomic E-state index is 10.2. The molecule has 0 saturated carbocycles. The van der Waals surface area contributed by atoms with Crippen LogP contribution in [0.15, 0.2) is 24.5 Å². The quantitative estimate of drug-likeness (QED) is 0.475. The molecule has 0 bridgehead atoms. The zero-order valence-corrected chi connectivity index (χ0v) is 3.66. The molecule has 1 aromatic rings. The molecule has 0 amide bonds. The van der Waals surface area contributed by atoms with Crippen LogP contribution < -0.4 is 0 Å². The molecule has 0 aliphatic heterocycles. The molecule has 1 radical (unpaired) electrons. The third kappa shape index (κ3) is 0.892. The number of hydrogen-bond acceptors (Lipinski definition) is 1. The van der Waals surface area contributed by atoms with Gasteiger partial charge in [0.15, 0.2) is 5.75 Å². The first-order valence-corrected chi connectivity index (χ1v) is 1.96. The Bertz CT molecular complexity index is 138. The van der Waals surface area contributed by atoms with Gasteiger partial charge in [0.2, 0.25) is 0 Å². The third-order valence-corrected chi connectivity index (χ3v) is 0.634. The number of rotatable bonds is 0. The van der Waals surface area contributed by atoms with E-state index in [4.69, 9.17) is 0 Å². The van der Waals surface area contributed by atoms with Crippen molar-refractivity contribution in [1.82, 2.24) is 4.98 Å². The summed E-state index contributed by atoms with van der Waals surface area (Å²) in [7, 11) is 0. The van der Waals surface area contributed by atoms with Gasteiger partial charge in [0.25, 0.3) is 0 Å². The van der Waals surface area contributed by atoms with Crippen LogP contribution in [0, 0.1) is 0 Å². The molecular formula is C5H4NO. The van der Waals surface area contributed by atoms with Crippen LogP contribution in [0.25, 0.3) is 0 Å². The van der Waals surface area contributed by atoms with Crippen molar-refractivity contribution in [3.63, 3.8) is 0 Å². The highest BCUT2D eigenvalue weighted by atomic mass is 16.3. The van der Waals surface area contributed by atoms with Gasteiger partial charge in [-0.3, -0.25) is 10.1 Å². The minimum absolute atomic E-state index is 0.0394. The topological polar surface area (TPSA) is 32.8 Å². The van der Waals surface area contributed by atoms with Crippen LogP contribution in [-0.2, 0) is 5.11 Å². The lowest BCUT2D eigenvalue weighted by Gasteiger charge is -1.77. The second kappa shape index (κ2) is 1.60. The van der Waals surface area contributed by atoms with Crippen LogP contribution >= 0.6 is 0 Å². The predicted molar refractivity (Wildman–Crippen MR) is 24.4 cm³/mol. The summed E-state index contributed by atoms with van der Waals surface area (Å²) >= 11 is 0. The highest BCUT2D eigenvalue weighted by molar-refractivity contribution is 5.12. The molecule has 0 aliphatic rings. The summed E-state index contributed by atoms with van der Waals surface area (Å²) in [4.78, 5) is 3.57. The molecule has 1 rings (SSSR count). The van der Waals surface area contributed by atoms with E-state index in [1.54, 1.807) is 12.3 Å². The predicted octanol–water partition coefficient (Wildman–Crippen LogP) is 1.23. The fraction of sp³-hybridized carbons (Fsp3) is 0. The summed E-state index contributed by atoms with van der Waals surface area (Å²) in [5.74, 6) is -0.0394. The molecule has 0 fully saturated rings. The van der Waals surface area contributed by atoms with Gasteiger partial charge in [-0.15, -0.1) is 0 Å². The summed E-state index contributed by atoms with van der Waals surface area (Å²) in [6.45, 7) is 0. The molecule has 0 spiro atoms. The van der Waals surface area contributed by atoms with Crippen molar-refractivity contribution in [2.24, 2.45) is 0 Å². The summed E-state index contributed by atoms with van der Waals surface area (Å²) in [5.41, 5.74) is 0. The summed E-state index contributed by atoms with van der Waals surface area (Å²) < 4.78 is 0. The maximum Gasteiger partial charge on any atom is 0.196 e. The van der Waals surface area contributed by atoms with Gasteiger partial charge in [0.1, 0.15) is 0 Å². The minimum atomic E-state index is -0.0394. The molecule has 0 unspecified atom stereocenters. The standard InChI is InChI=1S/C5H4NO/c7-5-2-1-3-6-4-5/h1-4H. The number of nitrogens with zero attached hydrogens (tertiary/aromatic N) is 1. The van der Waals surface area contributed by atoms with Crippen molar-refractivity contribution in [3.8, 4) is 5.75 Å². The van der Waals surface area contributed by atoms with Crippen molar-refractivity contribution in [1.29, 1.82) is 0 Å². The largest absolute Gasteiger partial charge is 0.288 e. The Labute approximate surface area is 41.4 Å². The second-order valence-corrected chi connectivity index (χ2v) is 1.19. The SMILES string of the molecule is [O]c1cccnc1. The summed E-state index contributed by atoms with van der Waals surface area (Å²) in [6, 6.07) is 3.08. The Morgan fingerprint density at radius 1 is 1.57 bits per heavy atom. The van der Waals surface area contributed by atoms with Crippen LogP contribution in [0.5, 0.6) is 5.75 Å². The van der Waals surface area contributed by atoms with E-state index < -0.39 is 0 Å². The van der Waals surface area contributed by atoms with Crippen LogP contribution in [0.1, 0.15) is 0 Å². The average molecular weight is 94.1 g/mol. The van der Waals surface area contributed by atoms with Gasteiger partial charge in [0.05, 0.1) is 6.20 Å². The molecule has 0 saturated heterocycles. The van der Waals surface area contributed by atoms with Crippen LogP contribution in [0.3, 0.4) is 0 Å². The molecule has 0 N–H and O–H groups in total. The first-order chi connectivity index (χ1) is 3.39. The molecule has 35 valence electrons. The Morgan fingerprint density at radius 3 is 2.71 bits per heavy atom. The molecule has 2 nitrogen and oxygen atoms in total. The van der Waals surface area contributed by atoms with Gasteiger partial charge < -0.3 is 0 Å². The average Bonchev–Trinajstić information content (AvgIpc) is 1.69. The van der Waals surface area contributed by atoms with E-state index in [9.17, 15) is 5.11 Å². The fourth-order valence-corrected chi connectivity index (χ4v) is 0.347. The van der Waals surface area contributed by atoms with Crippen molar-refractivity contribution >= 4 is 0 Å². The minimum Gasteiger partial charge on any atom is -0.288 e. The molecule has 2 heteroatoms. The summed E-state index contributed by atoms with van der Waals surface area (Å²) in [6.07, 6.45) is 2.85. The van der Waals surface area contributed by atoms with E-state index >= 15 is 0 Å². The van der Waals surface area contributed by atoms with Gasteiger partial charge in [-0.05, 0) is 12.1 Å². The Balaban J connectivity index is 3.02. The third-order valence-electron chi connectivity index (χ3n) is 0.634. The lowest BCUT2D eigenvalue weighted by molar-refractivity contribution is 0.353. The second-order valence-electron chi connectivity index (χ2n) is 1.19. The monoisotopic (exact) mass is 94.0 g/mol. The van der Waals surface area contributed by atoms with E-state index in [1.807, 2.05) is 0 Å². The zero-order chi connectivity index (χ0) is 5.11. The van der Waals surface area contributed by atoms with Crippen LogP contribution in [0.2, 0.25) is 0 Å². The highest BCUT2D eigenvalue weighted by Gasteiger charge is 1.80. The fourth-order valence-electron chi connectivity index (χ4n) is 0.347. The normalized spacial score (nSPS) is 8.57. The van der Waals surface area contributed by atoms with Crippen molar-refractivity contribution in [3.05, 3.63) is 24.5 Å². The van der Waals surface area contributed by atoms with Crippen molar-refractivity contribution < 1.29 is 5.11 Å². The van der Waals surface area contributed by atoms with E-state index in [2.05, 4.69) is 4.98 Å². The Hall–Kier alpha value is -1.05. The molecule has 0 aliphatic carbocycles.